The molecule has 0 aliphatic carbocycles. The van der Waals surface area contributed by atoms with Crippen molar-refractivity contribution in [3.63, 3.8) is 0 Å². The van der Waals surface area contributed by atoms with Crippen LogP contribution in [0.5, 0.6) is 0 Å². The van der Waals surface area contributed by atoms with Crippen LogP contribution in [0.1, 0.15) is 24.9 Å². The highest BCUT2D eigenvalue weighted by Crippen LogP contribution is 2.17. The van der Waals surface area contributed by atoms with Crippen LogP contribution in [0.4, 0.5) is 0 Å². The predicted molar refractivity (Wildman–Crippen MR) is 59.7 cm³/mol. The molecular formula is C11H14ClNO2. The third-order valence-corrected chi connectivity index (χ3v) is 2.33. The van der Waals surface area contributed by atoms with Gasteiger partial charge in [-0.1, -0.05) is 30.7 Å². The maximum absolute atomic E-state index is 11.2. The Hall–Kier alpha value is -1.06. The molecule has 0 unspecified atom stereocenters. The number of aliphatic hydroxyl groups excluding tert-OH is 1. The minimum atomic E-state index is -0.379. The van der Waals surface area contributed by atoms with Gasteiger partial charge in [0.1, 0.15) is 0 Å². The molecule has 3 nitrogen and oxygen atoms in total. The van der Waals surface area contributed by atoms with E-state index in [1.807, 2.05) is 6.07 Å². The number of aliphatic hydroxyl groups is 1. The van der Waals surface area contributed by atoms with Crippen molar-refractivity contribution in [2.45, 2.75) is 19.4 Å². The molecule has 0 saturated heterocycles. The Labute approximate surface area is 94.1 Å². The van der Waals surface area contributed by atoms with Crippen LogP contribution < -0.4 is 5.32 Å². The lowest BCUT2D eigenvalue weighted by Gasteiger charge is -2.16. The molecule has 0 heterocycles. The van der Waals surface area contributed by atoms with E-state index in [0.717, 1.165) is 5.56 Å². The summed E-state index contributed by atoms with van der Waals surface area (Å²) >= 11 is 5.82. The minimum absolute atomic E-state index is 0.0889. The highest BCUT2D eigenvalue weighted by atomic mass is 35.5. The Morgan fingerprint density at radius 2 is 2.33 bits per heavy atom. The Balaban J connectivity index is 2.78. The second kappa shape index (κ2) is 5.73. The molecule has 0 saturated carbocycles. The first kappa shape index (κ1) is 12.0. The van der Waals surface area contributed by atoms with E-state index < -0.39 is 0 Å². The Morgan fingerprint density at radius 1 is 1.60 bits per heavy atom. The van der Waals surface area contributed by atoms with Crippen LogP contribution in [-0.2, 0) is 4.79 Å². The van der Waals surface area contributed by atoms with Crippen LogP contribution in [0.2, 0.25) is 5.02 Å². The zero-order chi connectivity index (χ0) is 11.3. The fourth-order valence-electron chi connectivity index (χ4n) is 1.25. The Morgan fingerprint density at radius 3 is 2.87 bits per heavy atom. The van der Waals surface area contributed by atoms with Crippen LogP contribution in [0.3, 0.4) is 0 Å². The molecule has 0 aliphatic heterocycles. The van der Waals surface area contributed by atoms with Crippen LogP contribution in [-0.4, -0.2) is 17.6 Å². The van der Waals surface area contributed by atoms with Gasteiger partial charge in [0.05, 0.1) is 12.6 Å². The number of carbonyl (C=O) groups is 1. The van der Waals surface area contributed by atoms with Gasteiger partial charge in [-0.05, 0) is 17.7 Å². The number of carbonyl (C=O) groups excluding carboxylic acids is 1. The van der Waals surface area contributed by atoms with E-state index in [-0.39, 0.29) is 18.6 Å². The largest absolute Gasteiger partial charge is 0.394 e. The molecule has 0 aromatic heterocycles. The lowest BCUT2D eigenvalue weighted by Crippen LogP contribution is -2.30. The molecule has 0 fully saturated rings. The molecule has 2 N–H and O–H groups in total. The first-order valence-electron chi connectivity index (χ1n) is 4.83. The molecule has 1 amide bonds. The van der Waals surface area contributed by atoms with Crippen molar-refractivity contribution in [2.75, 3.05) is 6.61 Å². The van der Waals surface area contributed by atoms with Crippen LogP contribution in [0.15, 0.2) is 24.3 Å². The average molecular weight is 228 g/mol. The second-order valence-electron chi connectivity index (χ2n) is 3.21. The number of nitrogens with one attached hydrogen (secondary N) is 1. The Kier molecular flexibility index (Phi) is 4.59. The van der Waals surface area contributed by atoms with Crippen molar-refractivity contribution in [3.05, 3.63) is 34.9 Å². The van der Waals surface area contributed by atoms with Gasteiger partial charge in [0, 0.05) is 11.4 Å². The SMILES string of the molecule is CCC(=O)N[C@H](CO)c1cccc(Cl)c1. The van der Waals surface area contributed by atoms with Gasteiger partial charge < -0.3 is 10.4 Å². The van der Waals surface area contributed by atoms with E-state index in [0.29, 0.717) is 11.4 Å². The monoisotopic (exact) mass is 227 g/mol. The molecule has 0 bridgehead atoms. The lowest BCUT2D eigenvalue weighted by atomic mass is 10.1. The molecule has 0 radical (unpaired) electrons. The fraction of sp³-hybridized carbons (Fsp3) is 0.364. The fourth-order valence-corrected chi connectivity index (χ4v) is 1.45. The van der Waals surface area contributed by atoms with Crippen molar-refractivity contribution in [2.24, 2.45) is 0 Å². The first-order chi connectivity index (χ1) is 7.17. The number of hydrogen-bond donors (Lipinski definition) is 2. The molecular weight excluding hydrogens is 214 g/mol. The summed E-state index contributed by atoms with van der Waals surface area (Å²) in [5.74, 6) is -0.0889. The summed E-state index contributed by atoms with van der Waals surface area (Å²) in [5, 5.41) is 12.5. The van der Waals surface area contributed by atoms with Gasteiger partial charge in [-0.15, -0.1) is 0 Å². The molecule has 15 heavy (non-hydrogen) atoms. The molecule has 0 spiro atoms. The highest BCUT2D eigenvalue weighted by Gasteiger charge is 2.12. The minimum Gasteiger partial charge on any atom is -0.394 e. The molecule has 0 aliphatic rings. The number of rotatable bonds is 4. The summed E-state index contributed by atoms with van der Waals surface area (Å²) in [6.07, 6.45) is 0.400. The van der Waals surface area contributed by atoms with Crippen molar-refractivity contribution in [3.8, 4) is 0 Å². The standard InChI is InChI=1S/C11H14ClNO2/c1-2-11(15)13-10(7-14)8-4-3-5-9(12)6-8/h3-6,10,14H,2,7H2,1H3,(H,13,15)/t10-/m1/s1. The third-order valence-electron chi connectivity index (χ3n) is 2.09. The summed E-state index contributed by atoms with van der Waals surface area (Å²) in [5.41, 5.74) is 0.812. The van der Waals surface area contributed by atoms with Gasteiger partial charge in [0.15, 0.2) is 0 Å². The summed E-state index contributed by atoms with van der Waals surface area (Å²) in [6, 6.07) is 6.72. The van der Waals surface area contributed by atoms with E-state index in [4.69, 9.17) is 16.7 Å². The maximum atomic E-state index is 11.2. The quantitative estimate of drug-likeness (QED) is 0.826. The van der Waals surface area contributed by atoms with Crippen molar-refractivity contribution in [1.82, 2.24) is 5.32 Å². The van der Waals surface area contributed by atoms with Gasteiger partial charge >= 0.3 is 0 Å². The zero-order valence-corrected chi connectivity index (χ0v) is 9.29. The summed E-state index contributed by atoms with van der Waals surface area (Å²) in [6.45, 7) is 1.63. The average Bonchev–Trinajstić information content (AvgIpc) is 2.25. The zero-order valence-electron chi connectivity index (χ0n) is 8.53. The van der Waals surface area contributed by atoms with Crippen LogP contribution >= 0.6 is 11.6 Å². The molecule has 4 heteroatoms. The summed E-state index contributed by atoms with van der Waals surface area (Å²) < 4.78 is 0. The maximum Gasteiger partial charge on any atom is 0.220 e. The summed E-state index contributed by atoms with van der Waals surface area (Å²) in [7, 11) is 0. The van der Waals surface area contributed by atoms with Crippen molar-refractivity contribution in [1.29, 1.82) is 0 Å². The second-order valence-corrected chi connectivity index (χ2v) is 3.65. The molecule has 1 aromatic carbocycles. The van der Waals surface area contributed by atoms with E-state index in [1.165, 1.54) is 0 Å². The van der Waals surface area contributed by atoms with E-state index in [2.05, 4.69) is 5.32 Å². The van der Waals surface area contributed by atoms with Gasteiger partial charge in [0.25, 0.3) is 0 Å². The summed E-state index contributed by atoms with van der Waals surface area (Å²) in [4.78, 5) is 11.2. The smallest absolute Gasteiger partial charge is 0.220 e. The molecule has 1 rings (SSSR count). The highest BCUT2D eigenvalue weighted by molar-refractivity contribution is 6.30. The van der Waals surface area contributed by atoms with Gasteiger partial charge in [-0.2, -0.15) is 0 Å². The number of benzene rings is 1. The normalized spacial score (nSPS) is 12.2. The Bertz CT molecular complexity index is 341. The van der Waals surface area contributed by atoms with Crippen molar-refractivity contribution < 1.29 is 9.90 Å². The molecule has 1 atom stereocenters. The topological polar surface area (TPSA) is 49.3 Å². The molecule has 82 valence electrons. The van der Waals surface area contributed by atoms with E-state index in [9.17, 15) is 4.79 Å². The van der Waals surface area contributed by atoms with Crippen LogP contribution in [0, 0.1) is 0 Å². The van der Waals surface area contributed by atoms with E-state index in [1.54, 1.807) is 25.1 Å². The van der Waals surface area contributed by atoms with Crippen molar-refractivity contribution >= 4 is 17.5 Å². The van der Waals surface area contributed by atoms with Gasteiger partial charge in [-0.25, -0.2) is 0 Å². The van der Waals surface area contributed by atoms with Gasteiger partial charge in [0.2, 0.25) is 5.91 Å². The third kappa shape index (κ3) is 3.53. The number of halogens is 1. The predicted octanol–water partition coefficient (Wildman–Crippen LogP) is 1.90. The van der Waals surface area contributed by atoms with Gasteiger partial charge in [-0.3, -0.25) is 4.79 Å². The van der Waals surface area contributed by atoms with Crippen LogP contribution in [0.25, 0.3) is 0 Å². The number of hydrogen-bond acceptors (Lipinski definition) is 2. The van der Waals surface area contributed by atoms with E-state index >= 15 is 0 Å². The number of amides is 1. The lowest BCUT2D eigenvalue weighted by molar-refractivity contribution is -0.121. The molecule has 1 aromatic rings. The first-order valence-corrected chi connectivity index (χ1v) is 5.20.